The molecule has 0 aliphatic heterocycles. The van der Waals surface area contributed by atoms with Crippen LogP contribution in [-0.4, -0.2) is 15.8 Å². The average Bonchev–Trinajstić information content (AvgIpc) is 2.62. The molecule has 0 aliphatic carbocycles. The summed E-state index contributed by atoms with van der Waals surface area (Å²) in [5, 5.41) is 0. The van der Waals surface area contributed by atoms with Crippen molar-refractivity contribution >= 4 is 21.7 Å². The third kappa shape index (κ3) is 3.12. The Hall–Kier alpha value is -2.33. The Morgan fingerprint density at radius 2 is 1.55 bits per heavy atom. The maximum Gasteiger partial charge on any atom is 0.211 e. The quantitative estimate of drug-likeness (QED) is 0.522. The summed E-state index contributed by atoms with van der Waals surface area (Å²) in [6.45, 7) is 0. The number of alkyl halides is 1. The molecule has 0 radical (unpaired) electrons. The van der Waals surface area contributed by atoms with Crippen LogP contribution in [0, 0.1) is 0 Å². The molecule has 3 rings (SSSR count). The Morgan fingerprint density at radius 1 is 0.864 bits per heavy atom. The van der Waals surface area contributed by atoms with Crippen LogP contribution < -0.4 is 0 Å². The molecule has 0 amide bonds. The summed E-state index contributed by atoms with van der Waals surface area (Å²) < 4.78 is 0. The highest BCUT2D eigenvalue weighted by Gasteiger charge is 2.13. The fourth-order valence-electron chi connectivity index (χ4n) is 2.15. The van der Waals surface area contributed by atoms with E-state index in [4.69, 9.17) is 0 Å². The van der Waals surface area contributed by atoms with Gasteiger partial charge in [-0.2, -0.15) is 0 Å². The van der Waals surface area contributed by atoms with Gasteiger partial charge in [0, 0.05) is 18.0 Å². The van der Waals surface area contributed by atoms with Crippen LogP contribution in [0.3, 0.4) is 0 Å². The lowest BCUT2D eigenvalue weighted by molar-refractivity contribution is 0.103. The molecule has 0 fully saturated rings. The second-order valence-corrected chi connectivity index (χ2v) is 5.70. The summed E-state index contributed by atoms with van der Waals surface area (Å²) >= 11 is 3.64. The zero-order chi connectivity index (χ0) is 15.4. The van der Waals surface area contributed by atoms with Gasteiger partial charge in [-0.15, -0.1) is 0 Å². The van der Waals surface area contributed by atoms with Crippen LogP contribution in [0.1, 0.15) is 32.1 Å². The lowest BCUT2D eigenvalue weighted by Crippen LogP contribution is -2.04. The van der Waals surface area contributed by atoms with Crippen molar-refractivity contribution in [3.05, 3.63) is 95.6 Å². The van der Waals surface area contributed by atoms with Gasteiger partial charge in [-0.05, 0) is 29.8 Å². The minimum absolute atomic E-state index is 0.00713. The van der Waals surface area contributed by atoms with E-state index in [1.54, 1.807) is 24.5 Å². The summed E-state index contributed by atoms with van der Waals surface area (Å²) in [5.74, 6) is -0.0730. The maximum absolute atomic E-state index is 12.3. The molecular weight excluding hydrogens is 340 g/mol. The van der Waals surface area contributed by atoms with Crippen molar-refractivity contribution in [3.8, 4) is 0 Å². The number of halogens is 1. The Morgan fingerprint density at radius 3 is 2.14 bits per heavy atom. The van der Waals surface area contributed by atoms with Crippen LogP contribution in [0.25, 0.3) is 0 Å². The van der Waals surface area contributed by atoms with Gasteiger partial charge in [0.15, 0.2) is 0 Å². The minimum Gasteiger partial charge on any atom is -0.287 e. The lowest BCUT2D eigenvalue weighted by Gasteiger charge is -2.10. The molecule has 0 aliphatic rings. The lowest BCUT2D eigenvalue weighted by atomic mass is 10.0. The molecule has 22 heavy (non-hydrogen) atoms. The summed E-state index contributed by atoms with van der Waals surface area (Å²) in [4.78, 5) is 20.7. The van der Waals surface area contributed by atoms with Crippen LogP contribution in [0.2, 0.25) is 0 Å². The van der Waals surface area contributed by atoms with Gasteiger partial charge in [0.25, 0.3) is 0 Å². The summed E-state index contributed by atoms with van der Waals surface area (Å²) in [6.07, 6.45) is 3.39. The average molecular weight is 353 g/mol. The number of pyridine rings is 2. The predicted octanol–water partition coefficient (Wildman–Crippen LogP) is 4.19. The number of rotatable bonds is 4. The first kappa shape index (κ1) is 14.6. The van der Waals surface area contributed by atoms with E-state index >= 15 is 0 Å². The van der Waals surface area contributed by atoms with Crippen LogP contribution in [0.15, 0.2) is 73.1 Å². The van der Waals surface area contributed by atoms with E-state index in [1.807, 2.05) is 48.5 Å². The van der Waals surface area contributed by atoms with Crippen LogP contribution in [0.5, 0.6) is 0 Å². The smallest absolute Gasteiger partial charge is 0.211 e. The first-order valence-electron chi connectivity index (χ1n) is 6.86. The largest absolute Gasteiger partial charge is 0.287 e. The molecule has 0 saturated heterocycles. The number of benzene rings is 1. The molecule has 0 spiro atoms. The number of carbonyl (C=O) groups is 1. The normalized spacial score (nSPS) is 11.9. The van der Waals surface area contributed by atoms with Crippen molar-refractivity contribution in [2.75, 3.05) is 0 Å². The SMILES string of the molecule is O=C(c1ccc(C(Br)c2ccccn2)cc1)c1ccccn1. The number of ketones is 1. The van der Waals surface area contributed by atoms with E-state index in [0.717, 1.165) is 11.3 Å². The Kier molecular flexibility index (Phi) is 4.39. The second-order valence-electron chi connectivity index (χ2n) is 4.78. The van der Waals surface area contributed by atoms with E-state index in [2.05, 4.69) is 25.9 Å². The molecule has 1 atom stereocenters. The number of nitrogens with zero attached hydrogens (tertiary/aromatic N) is 2. The highest BCUT2D eigenvalue weighted by molar-refractivity contribution is 9.09. The van der Waals surface area contributed by atoms with Crippen molar-refractivity contribution in [2.45, 2.75) is 4.83 Å². The fourth-order valence-corrected chi connectivity index (χ4v) is 2.72. The van der Waals surface area contributed by atoms with E-state index in [9.17, 15) is 4.79 Å². The molecule has 108 valence electrons. The van der Waals surface area contributed by atoms with Crippen molar-refractivity contribution in [1.82, 2.24) is 9.97 Å². The molecule has 0 bridgehead atoms. The second kappa shape index (κ2) is 6.62. The number of hydrogen-bond donors (Lipinski definition) is 0. The molecule has 1 unspecified atom stereocenters. The summed E-state index contributed by atoms with van der Waals surface area (Å²) in [7, 11) is 0. The highest BCUT2D eigenvalue weighted by Crippen LogP contribution is 2.29. The van der Waals surface area contributed by atoms with Gasteiger partial charge in [0.05, 0.1) is 10.5 Å². The minimum atomic E-state index is -0.0730. The monoisotopic (exact) mass is 352 g/mol. The summed E-state index contributed by atoms with van der Waals surface area (Å²) in [6, 6.07) is 18.6. The Labute approximate surface area is 137 Å². The molecular formula is C18H13BrN2O. The Bertz CT molecular complexity index is 758. The van der Waals surface area contributed by atoms with E-state index < -0.39 is 0 Å². The molecule has 2 heterocycles. The van der Waals surface area contributed by atoms with E-state index in [-0.39, 0.29) is 10.6 Å². The van der Waals surface area contributed by atoms with Gasteiger partial charge in [-0.25, -0.2) is 0 Å². The van der Waals surface area contributed by atoms with Gasteiger partial charge < -0.3 is 0 Å². The molecule has 2 aromatic heterocycles. The summed E-state index contributed by atoms with van der Waals surface area (Å²) in [5.41, 5.74) is 3.07. The molecule has 0 saturated carbocycles. The fraction of sp³-hybridized carbons (Fsp3) is 0.0556. The van der Waals surface area contributed by atoms with Crippen molar-refractivity contribution in [3.63, 3.8) is 0 Å². The van der Waals surface area contributed by atoms with Gasteiger partial charge in [-0.1, -0.05) is 52.3 Å². The molecule has 3 nitrogen and oxygen atoms in total. The van der Waals surface area contributed by atoms with E-state index in [0.29, 0.717) is 11.3 Å². The van der Waals surface area contributed by atoms with Crippen molar-refractivity contribution in [2.24, 2.45) is 0 Å². The zero-order valence-electron chi connectivity index (χ0n) is 11.7. The van der Waals surface area contributed by atoms with E-state index in [1.165, 1.54) is 0 Å². The molecule has 0 N–H and O–H groups in total. The number of hydrogen-bond acceptors (Lipinski definition) is 3. The topological polar surface area (TPSA) is 42.9 Å². The molecule has 1 aromatic carbocycles. The number of carbonyl (C=O) groups excluding carboxylic acids is 1. The molecule has 3 aromatic rings. The van der Waals surface area contributed by atoms with Gasteiger partial charge in [0.2, 0.25) is 5.78 Å². The third-order valence-electron chi connectivity index (χ3n) is 3.31. The maximum atomic E-state index is 12.3. The third-order valence-corrected chi connectivity index (χ3v) is 4.31. The first-order chi connectivity index (χ1) is 10.8. The van der Waals surface area contributed by atoms with Crippen molar-refractivity contribution < 1.29 is 4.79 Å². The van der Waals surface area contributed by atoms with Gasteiger partial charge in [0.1, 0.15) is 5.69 Å². The standard InChI is InChI=1S/C18H13BrN2O/c19-17(15-5-1-3-11-20-15)13-7-9-14(10-8-13)18(22)16-6-2-4-12-21-16/h1-12,17H. The number of aromatic nitrogens is 2. The van der Waals surface area contributed by atoms with Crippen molar-refractivity contribution in [1.29, 1.82) is 0 Å². The van der Waals surface area contributed by atoms with Gasteiger partial charge in [-0.3, -0.25) is 14.8 Å². The Balaban J connectivity index is 1.83. The van der Waals surface area contributed by atoms with Crippen LogP contribution in [0.4, 0.5) is 0 Å². The van der Waals surface area contributed by atoms with Crippen LogP contribution in [-0.2, 0) is 0 Å². The predicted molar refractivity (Wildman–Crippen MR) is 89.1 cm³/mol. The zero-order valence-corrected chi connectivity index (χ0v) is 13.3. The van der Waals surface area contributed by atoms with Gasteiger partial charge >= 0.3 is 0 Å². The highest BCUT2D eigenvalue weighted by atomic mass is 79.9. The molecule has 4 heteroatoms. The first-order valence-corrected chi connectivity index (χ1v) is 7.78. The van der Waals surface area contributed by atoms with Crippen LogP contribution >= 0.6 is 15.9 Å².